The predicted octanol–water partition coefficient (Wildman–Crippen LogP) is 5.42. The van der Waals surface area contributed by atoms with E-state index in [1.165, 1.54) is 60.8 Å². The molecular formula is C40H51N2O6+. The number of aliphatic hydroxyl groups excluding tert-OH is 2. The van der Waals surface area contributed by atoms with Crippen molar-refractivity contribution in [1.82, 2.24) is 4.90 Å². The number of rotatable bonds is 11. The van der Waals surface area contributed by atoms with Gasteiger partial charge in [0.25, 0.3) is 0 Å². The van der Waals surface area contributed by atoms with Crippen LogP contribution in [0.1, 0.15) is 86.5 Å². The first kappa shape index (κ1) is 31.9. The Morgan fingerprint density at radius 3 is 2.12 bits per heavy atom. The van der Waals surface area contributed by atoms with Crippen LogP contribution >= 0.6 is 0 Å². The number of unbranched alkanes of at least 4 members (excludes halogenated alkanes) is 5. The zero-order valence-corrected chi connectivity index (χ0v) is 28.5. The Hall–Kier alpha value is -3.33. The lowest BCUT2D eigenvalue weighted by atomic mass is 9.69. The van der Waals surface area contributed by atoms with Gasteiger partial charge in [0.15, 0.2) is 29.2 Å². The second-order valence-electron chi connectivity index (χ2n) is 14.9. The molecule has 0 bridgehead atoms. The van der Waals surface area contributed by atoms with Crippen molar-refractivity contribution in [3.8, 4) is 23.0 Å². The highest BCUT2D eigenvalue weighted by Gasteiger charge is 2.54. The van der Waals surface area contributed by atoms with Crippen molar-refractivity contribution in [1.29, 1.82) is 0 Å². The van der Waals surface area contributed by atoms with E-state index in [-0.39, 0.29) is 23.0 Å². The Balaban J connectivity index is 0.825. The molecule has 0 amide bonds. The van der Waals surface area contributed by atoms with E-state index in [9.17, 15) is 10.2 Å². The van der Waals surface area contributed by atoms with E-state index >= 15 is 0 Å². The van der Waals surface area contributed by atoms with Gasteiger partial charge in [0.2, 0.25) is 0 Å². The molecule has 0 aromatic heterocycles. The Morgan fingerprint density at radius 1 is 0.792 bits per heavy atom. The van der Waals surface area contributed by atoms with Crippen molar-refractivity contribution in [2.45, 2.75) is 106 Å². The quantitative estimate of drug-likeness (QED) is 0.190. The van der Waals surface area contributed by atoms with Crippen LogP contribution in [0.25, 0.3) is 0 Å². The van der Waals surface area contributed by atoms with Crippen LogP contribution in [0.2, 0.25) is 0 Å². The van der Waals surface area contributed by atoms with Gasteiger partial charge in [-0.2, -0.15) is 0 Å². The van der Waals surface area contributed by atoms with Crippen molar-refractivity contribution in [2.75, 3.05) is 40.4 Å². The van der Waals surface area contributed by atoms with Crippen LogP contribution in [0.3, 0.4) is 0 Å². The summed E-state index contributed by atoms with van der Waals surface area (Å²) in [5.41, 5.74) is 4.72. The summed E-state index contributed by atoms with van der Waals surface area (Å²) in [7, 11) is 3.41. The average Bonchev–Trinajstić information content (AvgIpc) is 3.48. The molecule has 6 atom stereocenters. The lowest BCUT2D eigenvalue weighted by Crippen LogP contribution is -2.43. The van der Waals surface area contributed by atoms with Crippen LogP contribution < -0.4 is 18.9 Å². The zero-order chi connectivity index (χ0) is 32.9. The molecule has 4 aliphatic heterocycles. The van der Waals surface area contributed by atoms with E-state index in [0.717, 1.165) is 68.6 Å². The Morgan fingerprint density at radius 2 is 1.42 bits per heavy atom. The predicted molar refractivity (Wildman–Crippen MR) is 185 cm³/mol. The summed E-state index contributed by atoms with van der Waals surface area (Å²) in [6.07, 6.45) is 20.4. The molecule has 8 rings (SSSR count). The Labute approximate surface area is 284 Å². The molecule has 0 saturated carbocycles. The molecule has 0 unspecified atom stereocenters. The van der Waals surface area contributed by atoms with Gasteiger partial charge in [-0.1, -0.05) is 49.6 Å². The maximum atomic E-state index is 10.4. The summed E-state index contributed by atoms with van der Waals surface area (Å²) in [6, 6.07) is 8.48. The smallest absolute Gasteiger partial charge is 0.171 e. The van der Waals surface area contributed by atoms with Crippen LogP contribution in [0.15, 0.2) is 48.6 Å². The molecule has 4 heterocycles. The van der Waals surface area contributed by atoms with Gasteiger partial charge in [0.1, 0.15) is 25.3 Å². The number of ether oxygens (including phenoxy) is 4. The first-order valence-corrected chi connectivity index (χ1v) is 18.3. The van der Waals surface area contributed by atoms with Gasteiger partial charge in [-0.15, -0.1) is 0 Å². The molecule has 0 saturated heterocycles. The van der Waals surface area contributed by atoms with E-state index < -0.39 is 12.2 Å². The van der Waals surface area contributed by atoms with E-state index in [1.54, 1.807) is 14.2 Å². The van der Waals surface area contributed by atoms with Gasteiger partial charge in [0.05, 0.1) is 37.3 Å². The highest BCUT2D eigenvalue weighted by atomic mass is 16.5. The monoisotopic (exact) mass is 655 g/mol. The molecule has 2 N–H and O–H groups in total. The summed E-state index contributed by atoms with van der Waals surface area (Å²) < 4.78 is 26.8. The third-order valence-electron chi connectivity index (χ3n) is 12.1. The third kappa shape index (κ3) is 5.35. The molecule has 256 valence electrons. The van der Waals surface area contributed by atoms with Gasteiger partial charge < -0.3 is 29.2 Å². The number of nitrogens with zero attached hydrogens (tertiary/aromatic N) is 2. The van der Waals surface area contributed by atoms with Gasteiger partial charge in [0, 0.05) is 48.9 Å². The molecule has 2 aromatic carbocycles. The summed E-state index contributed by atoms with van der Waals surface area (Å²) in [4.78, 5) is 2.62. The molecule has 8 heteroatoms. The van der Waals surface area contributed by atoms with Crippen LogP contribution in [0, 0.1) is 0 Å². The normalized spacial score (nSPS) is 31.0. The summed E-state index contributed by atoms with van der Waals surface area (Å²) in [6.45, 7) is 5.13. The van der Waals surface area contributed by atoms with Crippen LogP contribution in [-0.4, -0.2) is 90.7 Å². The van der Waals surface area contributed by atoms with Crippen molar-refractivity contribution in [3.05, 3.63) is 70.8 Å². The fourth-order valence-electron chi connectivity index (χ4n) is 9.56. The van der Waals surface area contributed by atoms with E-state index in [2.05, 4.69) is 46.0 Å². The number of aliphatic hydroxyl groups is 2. The van der Waals surface area contributed by atoms with E-state index in [0.29, 0.717) is 12.8 Å². The average molecular weight is 656 g/mol. The maximum Gasteiger partial charge on any atom is 0.171 e. The van der Waals surface area contributed by atoms with Crippen molar-refractivity contribution in [3.63, 3.8) is 0 Å². The zero-order valence-electron chi connectivity index (χ0n) is 28.5. The van der Waals surface area contributed by atoms with Crippen LogP contribution in [0.5, 0.6) is 23.0 Å². The van der Waals surface area contributed by atoms with Crippen molar-refractivity contribution < 1.29 is 33.7 Å². The minimum Gasteiger partial charge on any atom is -0.493 e. The second kappa shape index (κ2) is 12.8. The summed E-state index contributed by atoms with van der Waals surface area (Å²) >= 11 is 0. The summed E-state index contributed by atoms with van der Waals surface area (Å²) in [5.74, 6) is 3.33. The van der Waals surface area contributed by atoms with Gasteiger partial charge >= 0.3 is 0 Å². The number of hydrogen-bond donors (Lipinski definition) is 2. The minimum atomic E-state index is -0.457. The SMILES string of the molecule is COc1ccc2c3c1O[C@H]1C[C@@H](O)C=C[C@@]31CC[N+](CCCCCCCCN1CC[C@@]34C=C[C@H](O)C[C@@H]3Oc3c(OC)ccc(c34)C1)=C2. The fraction of sp³-hybridized carbons (Fsp3) is 0.575. The van der Waals surface area contributed by atoms with Crippen molar-refractivity contribution in [2.24, 2.45) is 0 Å². The first-order valence-electron chi connectivity index (χ1n) is 18.3. The molecule has 0 fully saturated rings. The first-order chi connectivity index (χ1) is 23.4. The summed E-state index contributed by atoms with van der Waals surface area (Å²) in [5, 5.41) is 20.7. The van der Waals surface area contributed by atoms with E-state index in [1.807, 2.05) is 18.2 Å². The van der Waals surface area contributed by atoms with Gasteiger partial charge in [-0.25, -0.2) is 4.58 Å². The molecule has 2 aliphatic carbocycles. The molecule has 48 heavy (non-hydrogen) atoms. The van der Waals surface area contributed by atoms with Crippen LogP contribution in [-0.2, 0) is 17.4 Å². The van der Waals surface area contributed by atoms with Crippen molar-refractivity contribution >= 4 is 6.21 Å². The minimum absolute atomic E-state index is 0.0351. The number of methoxy groups -OCH3 is 2. The Kier molecular flexibility index (Phi) is 8.54. The van der Waals surface area contributed by atoms with Gasteiger partial charge in [-0.3, -0.25) is 4.90 Å². The second-order valence-corrected chi connectivity index (χ2v) is 14.9. The standard InChI is InChI=1S/C40H51N2O6/c1-45-31-11-9-27-25-41(21-17-39-15-13-29(43)23-33(39)47-37(31)35(27)39)19-7-5-3-4-6-8-20-42-22-18-40-16-14-30(44)24-34(40)48-38-32(46-2)12-10-28(26-42)36(38)40/h9-16,25,29-30,33-34,43-44H,3-8,17-24,26H2,1-2H3/q+1/t29-,30-,33-,34-,39-,40-/m0/s1. The van der Waals surface area contributed by atoms with Crippen LogP contribution in [0.4, 0.5) is 0 Å². The lowest BCUT2D eigenvalue weighted by molar-refractivity contribution is -0.524. The maximum absolute atomic E-state index is 10.4. The highest BCUT2D eigenvalue weighted by Crippen LogP contribution is 2.56. The third-order valence-corrected chi connectivity index (χ3v) is 12.1. The topological polar surface area (TPSA) is 83.6 Å². The Bertz CT molecular complexity index is 1630. The number of hydrogen-bond acceptors (Lipinski definition) is 7. The van der Waals surface area contributed by atoms with E-state index in [4.69, 9.17) is 18.9 Å². The molecule has 6 aliphatic rings. The molecule has 2 aromatic rings. The fourth-order valence-corrected chi connectivity index (χ4v) is 9.56. The molecule has 8 nitrogen and oxygen atoms in total. The van der Waals surface area contributed by atoms with Gasteiger partial charge in [-0.05, 0) is 56.1 Å². The molecular weight excluding hydrogens is 604 g/mol. The number of benzene rings is 2. The lowest BCUT2D eigenvalue weighted by Gasteiger charge is -2.35. The largest absolute Gasteiger partial charge is 0.493 e. The highest BCUT2D eigenvalue weighted by molar-refractivity contribution is 5.83. The molecule has 0 radical (unpaired) electrons. The molecule has 2 spiro atoms.